The van der Waals surface area contributed by atoms with E-state index in [9.17, 15) is 14.7 Å². The van der Waals surface area contributed by atoms with E-state index in [1.54, 1.807) is 0 Å². The van der Waals surface area contributed by atoms with E-state index in [2.05, 4.69) is 34.9 Å². The Bertz CT molecular complexity index is 808. The number of nitrogens with one attached hydrogen (secondary N) is 2. The van der Waals surface area contributed by atoms with Crippen LogP contribution in [0.2, 0.25) is 0 Å². The Morgan fingerprint density at radius 1 is 1.18 bits per heavy atom. The molecule has 0 aliphatic carbocycles. The molecule has 0 saturated carbocycles. The van der Waals surface area contributed by atoms with Gasteiger partial charge in [-0.25, -0.2) is 0 Å². The minimum Gasteiger partial charge on any atom is -0.481 e. The fourth-order valence-corrected chi connectivity index (χ4v) is 3.84. The molecule has 0 radical (unpaired) electrons. The summed E-state index contributed by atoms with van der Waals surface area (Å²) in [6, 6.07) is 17.4. The molecule has 1 aliphatic rings. The molecule has 1 aliphatic heterocycles. The highest BCUT2D eigenvalue weighted by atomic mass is 16.4. The zero-order valence-electron chi connectivity index (χ0n) is 16.0. The number of nitrogens with two attached hydrogens (primary N) is 1. The summed E-state index contributed by atoms with van der Waals surface area (Å²) in [5.74, 6) is -1.88. The molecule has 3 unspecified atom stereocenters. The number of carboxylic acid groups (broad SMARTS) is 1. The average Bonchev–Trinajstić information content (AvgIpc) is 3.05. The predicted molar refractivity (Wildman–Crippen MR) is 108 cm³/mol. The van der Waals surface area contributed by atoms with E-state index >= 15 is 0 Å². The van der Waals surface area contributed by atoms with Crippen LogP contribution in [0.4, 0.5) is 0 Å². The van der Waals surface area contributed by atoms with E-state index in [0.717, 1.165) is 17.5 Å². The molecule has 1 amide bonds. The molecular formula is C22H27N3O3. The number of carboxylic acids is 1. The summed E-state index contributed by atoms with van der Waals surface area (Å²) in [4.78, 5) is 23.3. The number of rotatable bonds is 8. The number of primary amides is 1. The topological polar surface area (TPSA) is 104 Å². The largest absolute Gasteiger partial charge is 0.481 e. The summed E-state index contributed by atoms with van der Waals surface area (Å²) in [5, 5.41) is 16.5. The van der Waals surface area contributed by atoms with Crippen LogP contribution in [0.25, 0.3) is 0 Å². The molecule has 0 aromatic heterocycles. The van der Waals surface area contributed by atoms with Crippen LogP contribution in [-0.4, -0.2) is 35.6 Å². The molecule has 148 valence electrons. The molecule has 3 rings (SSSR count). The van der Waals surface area contributed by atoms with Crippen LogP contribution >= 0.6 is 0 Å². The lowest BCUT2D eigenvalue weighted by Crippen LogP contribution is -2.44. The molecule has 1 fully saturated rings. The van der Waals surface area contributed by atoms with Gasteiger partial charge in [0.2, 0.25) is 5.91 Å². The fourth-order valence-electron chi connectivity index (χ4n) is 3.84. The van der Waals surface area contributed by atoms with E-state index < -0.39 is 11.9 Å². The minimum atomic E-state index is -0.869. The van der Waals surface area contributed by atoms with Crippen LogP contribution in [0.15, 0.2) is 54.6 Å². The Morgan fingerprint density at radius 2 is 1.86 bits per heavy atom. The lowest BCUT2D eigenvalue weighted by atomic mass is 9.97. The number of carbonyl (C=O) groups is 2. The highest BCUT2D eigenvalue weighted by Gasteiger charge is 2.35. The standard InChI is InChI=1S/C22H27N3O3/c1-14-7-9-16(10-8-14)18-11-19(20(25-18)12-21(23)26)24-13-17(22(27)28)15-5-3-2-4-6-15/h2-10,17-20,24-25H,11-13H2,1H3,(H2,23,26)(H,27,28)/t17?,18-,19?,20?/m0/s1. The Balaban J connectivity index is 1.71. The monoisotopic (exact) mass is 381 g/mol. The summed E-state index contributed by atoms with van der Waals surface area (Å²) in [6.07, 6.45) is 0.977. The second-order valence-corrected chi connectivity index (χ2v) is 7.46. The van der Waals surface area contributed by atoms with E-state index in [0.29, 0.717) is 6.54 Å². The van der Waals surface area contributed by atoms with Gasteiger partial charge < -0.3 is 21.5 Å². The summed E-state index contributed by atoms with van der Waals surface area (Å²) >= 11 is 0. The van der Waals surface area contributed by atoms with Gasteiger partial charge in [0.25, 0.3) is 0 Å². The first-order valence-electron chi connectivity index (χ1n) is 9.56. The van der Waals surface area contributed by atoms with Gasteiger partial charge in [-0.2, -0.15) is 0 Å². The SMILES string of the molecule is Cc1ccc([C@@H]2CC(NCC(C(=O)O)c3ccccc3)C(CC(N)=O)N2)cc1. The average molecular weight is 381 g/mol. The van der Waals surface area contributed by atoms with Gasteiger partial charge in [0.1, 0.15) is 0 Å². The van der Waals surface area contributed by atoms with Gasteiger partial charge in [0.05, 0.1) is 5.92 Å². The van der Waals surface area contributed by atoms with Crippen LogP contribution in [0, 0.1) is 6.92 Å². The van der Waals surface area contributed by atoms with E-state index in [1.165, 1.54) is 5.56 Å². The van der Waals surface area contributed by atoms with Crippen molar-refractivity contribution in [2.45, 2.75) is 43.8 Å². The van der Waals surface area contributed by atoms with Crippen molar-refractivity contribution in [1.82, 2.24) is 10.6 Å². The zero-order valence-corrected chi connectivity index (χ0v) is 16.0. The molecule has 2 aromatic rings. The third kappa shape index (κ3) is 4.97. The zero-order chi connectivity index (χ0) is 20.1. The van der Waals surface area contributed by atoms with Crippen LogP contribution in [0.1, 0.15) is 41.5 Å². The van der Waals surface area contributed by atoms with Gasteiger partial charge in [0.15, 0.2) is 0 Å². The third-order valence-corrected chi connectivity index (χ3v) is 5.38. The molecule has 4 atom stereocenters. The van der Waals surface area contributed by atoms with Gasteiger partial charge in [-0.15, -0.1) is 0 Å². The van der Waals surface area contributed by atoms with Crippen LogP contribution in [0.5, 0.6) is 0 Å². The van der Waals surface area contributed by atoms with Crippen molar-refractivity contribution in [3.05, 3.63) is 71.3 Å². The van der Waals surface area contributed by atoms with Crippen LogP contribution in [0.3, 0.4) is 0 Å². The fraction of sp³-hybridized carbons (Fsp3) is 0.364. The number of hydrogen-bond donors (Lipinski definition) is 4. The molecule has 0 bridgehead atoms. The van der Waals surface area contributed by atoms with Gasteiger partial charge in [-0.05, 0) is 24.5 Å². The van der Waals surface area contributed by atoms with Crippen molar-refractivity contribution in [2.75, 3.05) is 6.54 Å². The maximum Gasteiger partial charge on any atom is 0.312 e. The molecule has 1 heterocycles. The van der Waals surface area contributed by atoms with Gasteiger partial charge in [-0.1, -0.05) is 60.2 Å². The number of amides is 1. The second-order valence-electron chi connectivity index (χ2n) is 7.46. The van der Waals surface area contributed by atoms with Crippen LogP contribution in [-0.2, 0) is 9.59 Å². The predicted octanol–water partition coefficient (Wildman–Crippen LogP) is 2.10. The highest BCUT2D eigenvalue weighted by molar-refractivity contribution is 5.76. The first-order valence-corrected chi connectivity index (χ1v) is 9.56. The number of hydrogen-bond acceptors (Lipinski definition) is 4. The van der Waals surface area contributed by atoms with Crippen LogP contribution < -0.4 is 16.4 Å². The Hall–Kier alpha value is -2.70. The Labute approximate surface area is 165 Å². The lowest BCUT2D eigenvalue weighted by Gasteiger charge is -2.22. The van der Waals surface area contributed by atoms with Crippen molar-refractivity contribution >= 4 is 11.9 Å². The van der Waals surface area contributed by atoms with Crippen molar-refractivity contribution < 1.29 is 14.7 Å². The summed E-state index contributed by atoms with van der Waals surface area (Å²) in [7, 11) is 0. The van der Waals surface area contributed by atoms with Gasteiger partial charge in [0, 0.05) is 31.1 Å². The summed E-state index contributed by atoms with van der Waals surface area (Å²) in [6.45, 7) is 2.34. The molecule has 5 N–H and O–H groups in total. The first-order chi connectivity index (χ1) is 13.4. The van der Waals surface area contributed by atoms with Crippen molar-refractivity contribution in [1.29, 1.82) is 0 Å². The smallest absolute Gasteiger partial charge is 0.312 e. The molecule has 0 spiro atoms. The molecule has 6 heteroatoms. The van der Waals surface area contributed by atoms with E-state index in [1.807, 2.05) is 37.3 Å². The van der Waals surface area contributed by atoms with Crippen molar-refractivity contribution in [2.24, 2.45) is 5.73 Å². The molecule has 28 heavy (non-hydrogen) atoms. The minimum absolute atomic E-state index is 0.0376. The van der Waals surface area contributed by atoms with Crippen molar-refractivity contribution in [3.63, 3.8) is 0 Å². The quantitative estimate of drug-likeness (QED) is 0.561. The van der Waals surface area contributed by atoms with E-state index in [4.69, 9.17) is 5.73 Å². The van der Waals surface area contributed by atoms with Crippen molar-refractivity contribution in [3.8, 4) is 0 Å². The molecule has 6 nitrogen and oxygen atoms in total. The highest BCUT2D eigenvalue weighted by Crippen LogP contribution is 2.29. The molecule has 2 aromatic carbocycles. The number of carbonyl (C=O) groups excluding carboxylic acids is 1. The summed E-state index contributed by atoms with van der Waals surface area (Å²) < 4.78 is 0. The molecular weight excluding hydrogens is 354 g/mol. The number of aryl methyl sites for hydroxylation is 1. The Kier molecular flexibility index (Phi) is 6.44. The maximum atomic E-state index is 11.8. The summed E-state index contributed by atoms with van der Waals surface area (Å²) in [5.41, 5.74) is 8.54. The first kappa shape index (κ1) is 20.0. The third-order valence-electron chi connectivity index (χ3n) is 5.38. The van der Waals surface area contributed by atoms with Gasteiger partial charge >= 0.3 is 5.97 Å². The second kappa shape index (κ2) is 8.99. The van der Waals surface area contributed by atoms with E-state index in [-0.39, 0.29) is 30.5 Å². The Morgan fingerprint density at radius 3 is 2.46 bits per heavy atom. The van der Waals surface area contributed by atoms with Gasteiger partial charge in [-0.3, -0.25) is 9.59 Å². The maximum absolute atomic E-state index is 11.8. The lowest BCUT2D eigenvalue weighted by molar-refractivity contribution is -0.138. The number of benzene rings is 2. The number of aliphatic carboxylic acids is 1. The normalized spacial score (nSPS) is 22.7. The molecule has 1 saturated heterocycles.